The lowest BCUT2D eigenvalue weighted by atomic mass is 10.3. The third-order valence-corrected chi connectivity index (χ3v) is 2.38. The monoisotopic (exact) mass is 252 g/mol. The summed E-state index contributed by atoms with van der Waals surface area (Å²) < 4.78 is 9.96. The first-order valence-corrected chi connectivity index (χ1v) is 5.90. The quantitative estimate of drug-likeness (QED) is 0.684. The lowest BCUT2D eigenvalue weighted by Gasteiger charge is -2.08. The summed E-state index contributed by atoms with van der Waals surface area (Å²) in [5.41, 5.74) is 0.944. The average molecular weight is 252 g/mol. The third-order valence-electron chi connectivity index (χ3n) is 2.38. The van der Waals surface area contributed by atoms with Crippen molar-refractivity contribution in [3.8, 4) is 5.75 Å². The number of nitrogens with one attached hydrogen (secondary N) is 2. The molecule has 0 saturated heterocycles. The van der Waals surface area contributed by atoms with Gasteiger partial charge in [-0.1, -0.05) is 6.07 Å². The van der Waals surface area contributed by atoms with E-state index in [-0.39, 0.29) is 5.91 Å². The van der Waals surface area contributed by atoms with E-state index in [2.05, 4.69) is 10.6 Å². The van der Waals surface area contributed by atoms with Crippen molar-refractivity contribution in [2.24, 2.45) is 0 Å². The Kier molecular flexibility index (Phi) is 6.64. The Bertz CT molecular complexity index is 369. The highest BCUT2D eigenvalue weighted by atomic mass is 16.5. The van der Waals surface area contributed by atoms with Gasteiger partial charge in [0.15, 0.2) is 0 Å². The van der Waals surface area contributed by atoms with Gasteiger partial charge in [0, 0.05) is 38.4 Å². The van der Waals surface area contributed by atoms with E-state index in [0.717, 1.165) is 11.4 Å². The number of amides is 1. The highest BCUT2D eigenvalue weighted by molar-refractivity contribution is 5.76. The van der Waals surface area contributed by atoms with Gasteiger partial charge in [0.1, 0.15) is 5.75 Å². The first kappa shape index (κ1) is 14.3. The molecule has 5 nitrogen and oxygen atoms in total. The highest BCUT2D eigenvalue weighted by Gasteiger charge is 2.00. The number of anilines is 1. The summed E-state index contributed by atoms with van der Waals surface area (Å²) in [5, 5.41) is 5.93. The van der Waals surface area contributed by atoms with Crippen molar-refractivity contribution in [1.82, 2.24) is 5.32 Å². The number of carbonyl (C=O) groups is 1. The zero-order chi connectivity index (χ0) is 13.2. The molecule has 5 heteroatoms. The third kappa shape index (κ3) is 5.54. The van der Waals surface area contributed by atoms with Gasteiger partial charge in [0.25, 0.3) is 0 Å². The van der Waals surface area contributed by atoms with Crippen LogP contribution in [0.2, 0.25) is 0 Å². The van der Waals surface area contributed by atoms with E-state index < -0.39 is 0 Å². The van der Waals surface area contributed by atoms with E-state index in [9.17, 15) is 4.79 Å². The number of rotatable bonds is 8. The van der Waals surface area contributed by atoms with Gasteiger partial charge in [-0.15, -0.1) is 0 Å². The van der Waals surface area contributed by atoms with E-state index in [0.29, 0.717) is 26.1 Å². The number of carbonyl (C=O) groups excluding carboxylic acids is 1. The van der Waals surface area contributed by atoms with Crippen molar-refractivity contribution in [2.75, 3.05) is 39.2 Å². The number of hydrogen-bond donors (Lipinski definition) is 2. The number of benzene rings is 1. The van der Waals surface area contributed by atoms with Crippen LogP contribution in [-0.4, -0.2) is 39.8 Å². The molecule has 0 atom stereocenters. The van der Waals surface area contributed by atoms with Gasteiger partial charge in [-0.2, -0.15) is 0 Å². The normalized spacial score (nSPS) is 9.89. The number of ether oxygens (including phenoxy) is 2. The van der Waals surface area contributed by atoms with Gasteiger partial charge in [-0.05, 0) is 12.1 Å². The van der Waals surface area contributed by atoms with Crippen LogP contribution in [0.1, 0.15) is 6.42 Å². The molecule has 0 aromatic heterocycles. The minimum Gasteiger partial charge on any atom is -0.497 e. The predicted molar refractivity (Wildman–Crippen MR) is 71.0 cm³/mol. The maximum atomic E-state index is 11.4. The fourth-order valence-corrected chi connectivity index (χ4v) is 1.43. The second kappa shape index (κ2) is 8.36. The second-order valence-electron chi connectivity index (χ2n) is 3.75. The molecule has 0 unspecified atom stereocenters. The molecule has 1 aromatic rings. The van der Waals surface area contributed by atoms with Gasteiger partial charge in [0.05, 0.1) is 13.7 Å². The number of hydrogen-bond acceptors (Lipinski definition) is 4. The van der Waals surface area contributed by atoms with Gasteiger partial charge in [-0.3, -0.25) is 4.79 Å². The summed E-state index contributed by atoms with van der Waals surface area (Å²) in [6.07, 6.45) is 0.431. The Morgan fingerprint density at radius 2 is 2.11 bits per heavy atom. The zero-order valence-corrected chi connectivity index (χ0v) is 10.9. The van der Waals surface area contributed by atoms with Crippen LogP contribution in [0.5, 0.6) is 5.75 Å². The van der Waals surface area contributed by atoms with Gasteiger partial charge < -0.3 is 20.1 Å². The maximum absolute atomic E-state index is 11.4. The van der Waals surface area contributed by atoms with Crippen LogP contribution in [0.4, 0.5) is 5.69 Å². The zero-order valence-electron chi connectivity index (χ0n) is 10.9. The van der Waals surface area contributed by atoms with E-state index in [1.165, 1.54) is 0 Å². The predicted octanol–water partition coefficient (Wildman–Crippen LogP) is 1.26. The Balaban J connectivity index is 2.22. The standard InChI is InChI=1S/C13H20N2O3/c1-17-9-8-15-13(16)6-7-14-11-4-3-5-12(10-11)18-2/h3-5,10,14H,6-9H2,1-2H3,(H,15,16). The Morgan fingerprint density at radius 1 is 1.28 bits per heavy atom. The van der Waals surface area contributed by atoms with Crippen molar-refractivity contribution >= 4 is 11.6 Å². The molecule has 0 aliphatic carbocycles. The first-order chi connectivity index (χ1) is 8.76. The lowest BCUT2D eigenvalue weighted by molar-refractivity contribution is -0.121. The largest absolute Gasteiger partial charge is 0.497 e. The van der Waals surface area contributed by atoms with E-state index >= 15 is 0 Å². The molecule has 0 aliphatic heterocycles. The van der Waals surface area contributed by atoms with Crippen molar-refractivity contribution in [3.05, 3.63) is 24.3 Å². The van der Waals surface area contributed by atoms with Gasteiger partial charge in [-0.25, -0.2) is 0 Å². The molecule has 0 spiro atoms. The Hall–Kier alpha value is -1.75. The SMILES string of the molecule is COCCNC(=O)CCNc1cccc(OC)c1. The molecule has 0 heterocycles. The van der Waals surface area contributed by atoms with E-state index in [4.69, 9.17) is 9.47 Å². The molecule has 2 N–H and O–H groups in total. The maximum Gasteiger partial charge on any atom is 0.221 e. The molecule has 100 valence electrons. The number of methoxy groups -OCH3 is 2. The molecule has 0 fully saturated rings. The average Bonchev–Trinajstić information content (AvgIpc) is 2.39. The minimum absolute atomic E-state index is 0.0162. The fraction of sp³-hybridized carbons (Fsp3) is 0.462. The molecule has 0 bridgehead atoms. The summed E-state index contributed by atoms with van der Waals surface area (Å²) in [6, 6.07) is 7.61. The van der Waals surface area contributed by atoms with Gasteiger partial charge >= 0.3 is 0 Å². The summed E-state index contributed by atoms with van der Waals surface area (Å²) in [4.78, 5) is 11.4. The highest BCUT2D eigenvalue weighted by Crippen LogP contribution is 2.16. The van der Waals surface area contributed by atoms with Crippen LogP contribution < -0.4 is 15.4 Å². The minimum atomic E-state index is 0.0162. The summed E-state index contributed by atoms with van der Waals surface area (Å²) in [5.74, 6) is 0.812. The van der Waals surface area contributed by atoms with Crippen LogP contribution in [0, 0.1) is 0 Å². The lowest BCUT2D eigenvalue weighted by Crippen LogP contribution is -2.28. The molecule has 1 rings (SSSR count). The van der Waals surface area contributed by atoms with Crippen LogP contribution in [-0.2, 0) is 9.53 Å². The van der Waals surface area contributed by atoms with Crippen molar-refractivity contribution in [1.29, 1.82) is 0 Å². The summed E-state index contributed by atoms with van der Waals surface area (Å²) >= 11 is 0. The van der Waals surface area contributed by atoms with Gasteiger partial charge in [0.2, 0.25) is 5.91 Å². The van der Waals surface area contributed by atoms with E-state index in [1.54, 1.807) is 14.2 Å². The fourth-order valence-electron chi connectivity index (χ4n) is 1.43. The van der Waals surface area contributed by atoms with Crippen molar-refractivity contribution in [2.45, 2.75) is 6.42 Å². The van der Waals surface area contributed by atoms with E-state index in [1.807, 2.05) is 24.3 Å². The first-order valence-electron chi connectivity index (χ1n) is 5.90. The van der Waals surface area contributed by atoms with Crippen LogP contribution in [0.25, 0.3) is 0 Å². The molecule has 0 saturated carbocycles. The molecule has 0 radical (unpaired) electrons. The Labute approximate surface area is 107 Å². The van der Waals surface area contributed by atoms with Crippen LogP contribution in [0.3, 0.4) is 0 Å². The summed E-state index contributed by atoms with van der Waals surface area (Å²) in [7, 11) is 3.23. The molecule has 18 heavy (non-hydrogen) atoms. The molecule has 1 aromatic carbocycles. The molecular formula is C13H20N2O3. The topological polar surface area (TPSA) is 59.6 Å². The van der Waals surface area contributed by atoms with Crippen molar-refractivity contribution < 1.29 is 14.3 Å². The van der Waals surface area contributed by atoms with Crippen molar-refractivity contribution in [3.63, 3.8) is 0 Å². The molecule has 1 amide bonds. The molecular weight excluding hydrogens is 232 g/mol. The second-order valence-corrected chi connectivity index (χ2v) is 3.75. The Morgan fingerprint density at radius 3 is 2.83 bits per heavy atom. The summed E-state index contributed by atoms with van der Waals surface area (Å²) in [6.45, 7) is 1.68. The smallest absolute Gasteiger partial charge is 0.221 e. The molecule has 0 aliphatic rings. The van der Waals surface area contributed by atoms with Crippen LogP contribution >= 0.6 is 0 Å². The van der Waals surface area contributed by atoms with Crippen LogP contribution in [0.15, 0.2) is 24.3 Å².